The van der Waals surface area contributed by atoms with Gasteiger partial charge >= 0.3 is 12.1 Å². The summed E-state index contributed by atoms with van der Waals surface area (Å²) in [4.78, 5) is 167. The minimum absolute atomic E-state index is 0.00493. The number of benzene rings is 2. The average molecular weight is 1620 g/mol. The summed E-state index contributed by atoms with van der Waals surface area (Å²) in [5.41, 5.74) is 4.79. The largest absolute Gasteiger partial charge is 0.450 e. The maximum absolute atomic E-state index is 14.3. The van der Waals surface area contributed by atoms with Crippen molar-refractivity contribution in [3.05, 3.63) is 82.3 Å². The molecule has 1 saturated heterocycles. The van der Waals surface area contributed by atoms with Gasteiger partial charge in [0, 0.05) is 81.0 Å². The number of methoxy groups -OCH3 is 2. The number of rotatable bonds is 43. The van der Waals surface area contributed by atoms with Crippen molar-refractivity contribution in [1.82, 2.24) is 62.6 Å². The fraction of sp³-hybridized carbons (Fsp3) is 0.679. The van der Waals surface area contributed by atoms with E-state index in [1.54, 1.807) is 83.8 Å². The summed E-state index contributed by atoms with van der Waals surface area (Å²) < 4.78 is 17.0. The second kappa shape index (κ2) is 47.4. The van der Waals surface area contributed by atoms with E-state index in [0.29, 0.717) is 63.7 Å². The first kappa shape index (κ1) is 99.6. The minimum atomic E-state index is -1.36. The lowest BCUT2D eigenvalue weighted by molar-refractivity contribution is -0.148. The molecule has 29 nitrogen and oxygen atoms in total. The molecule has 0 aliphatic carbocycles. The number of urea groups is 1. The molecule has 12 N–H and O–H groups in total. The summed E-state index contributed by atoms with van der Waals surface area (Å²) in [6.07, 6.45) is 4.71. The number of thiazole rings is 1. The second-order valence-electron chi connectivity index (χ2n) is 34.2. The number of aryl methyl sites for hydroxylation is 1. The zero-order valence-corrected chi connectivity index (χ0v) is 73.0. The summed E-state index contributed by atoms with van der Waals surface area (Å²) in [6, 6.07) is 10.8. The van der Waals surface area contributed by atoms with Crippen LogP contribution in [0.5, 0.6) is 0 Å². The van der Waals surface area contributed by atoms with Crippen molar-refractivity contribution in [3.8, 4) is 0 Å². The SMILES string of the molecule is CCOC(=O)NC(C)(C)C(=O)N[C@H](C(=O)N(C)[C@@H]([C@@H](C)CC)[C@@H](CC(=O)N1CCC[C@H]1[C@H](OC)[C@@H](C)C(=O)N[C@@H](Cc1ccccc1)c1nccs1)OC)C(C)C.Cc1ccc(NC(=O)[C@H](CCCNC(N)=O)NC(=O)[C@@H](NC(=O)[C@H](CCCCNC(=O)CC[C@@H](NC(C)(C)C)C(=O)C(C)(C)C)NC(=O)C(C)(C)C)C(C)C)cc1. The Morgan fingerprint density at radius 2 is 1.28 bits per heavy atom. The van der Waals surface area contributed by atoms with E-state index in [2.05, 4.69) is 58.2 Å². The topological polar surface area (TPSA) is 398 Å². The smallest absolute Gasteiger partial charge is 0.407 e. The molecule has 0 radical (unpaired) electrons. The minimum Gasteiger partial charge on any atom is -0.450 e. The zero-order chi connectivity index (χ0) is 86.2. The van der Waals surface area contributed by atoms with Crippen molar-refractivity contribution in [2.45, 2.75) is 287 Å². The number of ether oxygens (including phenoxy) is 3. The van der Waals surface area contributed by atoms with Gasteiger partial charge in [-0.15, -0.1) is 11.3 Å². The van der Waals surface area contributed by atoms with Crippen LogP contribution < -0.4 is 58.9 Å². The molecule has 2 heterocycles. The number of aromatic nitrogens is 1. The third-order valence-electron chi connectivity index (χ3n) is 20.1. The molecule has 1 fully saturated rings. The number of primary amides is 1. The number of likely N-dealkylation sites (tertiary alicyclic amines) is 1. The van der Waals surface area contributed by atoms with Gasteiger partial charge in [-0.1, -0.05) is 144 Å². The van der Waals surface area contributed by atoms with Crippen LogP contribution in [0, 0.1) is 41.4 Å². The molecule has 4 rings (SSSR count). The molecule has 30 heteroatoms. The Kier molecular flexibility index (Phi) is 41.4. The quantitative estimate of drug-likeness (QED) is 0.0235. The number of hydrogen-bond acceptors (Lipinski definition) is 18. The molecule has 640 valence electrons. The number of Topliss-reactive ketones (excluding diaryl/α,β-unsaturated/α-hetero) is 1. The number of nitrogens with two attached hydrogens (primary N) is 1. The van der Waals surface area contributed by atoms with Gasteiger partial charge in [-0.25, -0.2) is 14.6 Å². The molecule has 0 unspecified atom stereocenters. The zero-order valence-electron chi connectivity index (χ0n) is 72.2. The van der Waals surface area contributed by atoms with Crippen molar-refractivity contribution in [3.63, 3.8) is 0 Å². The van der Waals surface area contributed by atoms with Crippen LogP contribution in [-0.2, 0) is 68.6 Å². The first-order chi connectivity index (χ1) is 53.2. The number of amides is 12. The van der Waals surface area contributed by atoms with Crippen molar-refractivity contribution in [2.75, 3.05) is 52.8 Å². The maximum Gasteiger partial charge on any atom is 0.407 e. The highest BCUT2D eigenvalue weighted by Crippen LogP contribution is 2.32. The molecule has 1 aliphatic rings. The first-order valence-corrected chi connectivity index (χ1v) is 41.1. The summed E-state index contributed by atoms with van der Waals surface area (Å²) in [5.74, 6) is -4.67. The number of carbonyl (C=O) groups is 12. The van der Waals surface area contributed by atoms with E-state index in [0.717, 1.165) is 22.6 Å². The van der Waals surface area contributed by atoms with Gasteiger partial charge in [0.15, 0.2) is 5.78 Å². The van der Waals surface area contributed by atoms with Crippen LogP contribution in [0.1, 0.15) is 224 Å². The average Bonchev–Trinajstić information content (AvgIpc) is 1.47. The number of nitrogens with zero attached hydrogens (tertiary/aromatic N) is 3. The molecule has 1 aliphatic heterocycles. The normalized spacial score (nSPS) is 16.1. The van der Waals surface area contributed by atoms with Gasteiger partial charge in [0.2, 0.25) is 53.2 Å². The van der Waals surface area contributed by atoms with Gasteiger partial charge in [-0.2, -0.15) is 0 Å². The summed E-state index contributed by atoms with van der Waals surface area (Å²) >= 11 is 1.49. The van der Waals surface area contributed by atoms with Crippen molar-refractivity contribution in [1.29, 1.82) is 0 Å². The Labute approximate surface area is 681 Å². The first-order valence-electron chi connectivity index (χ1n) is 40.2. The van der Waals surface area contributed by atoms with Gasteiger partial charge < -0.3 is 82.9 Å². The molecule has 0 saturated carbocycles. The van der Waals surface area contributed by atoms with Gasteiger partial charge in [-0.3, -0.25) is 47.9 Å². The number of likely N-dealkylation sites (N-methyl/N-ethyl adjacent to an activating group) is 1. The molecule has 0 spiro atoms. The predicted molar refractivity (Wildman–Crippen MR) is 444 cm³/mol. The van der Waals surface area contributed by atoms with E-state index in [4.69, 9.17) is 19.9 Å². The van der Waals surface area contributed by atoms with Gasteiger partial charge in [0.1, 0.15) is 34.7 Å². The number of hydrogen-bond donors (Lipinski definition) is 11. The van der Waals surface area contributed by atoms with Crippen molar-refractivity contribution >= 4 is 88.1 Å². The van der Waals surface area contributed by atoms with Crippen LogP contribution in [0.2, 0.25) is 0 Å². The van der Waals surface area contributed by atoms with Crippen LogP contribution >= 0.6 is 11.3 Å². The van der Waals surface area contributed by atoms with E-state index >= 15 is 0 Å². The molecule has 3 aromatic rings. The van der Waals surface area contributed by atoms with E-state index in [9.17, 15) is 57.5 Å². The number of unbranched alkanes of at least 4 members (excludes halogenated alkanes) is 1. The van der Waals surface area contributed by atoms with Gasteiger partial charge in [0.25, 0.3) is 0 Å². The Bertz CT molecular complexity index is 3560. The highest BCUT2D eigenvalue weighted by molar-refractivity contribution is 7.09. The number of anilines is 1. The van der Waals surface area contributed by atoms with Crippen LogP contribution in [0.3, 0.4) is 0 Å². The Morgan fingerprint density at radius 3 is 1.82 bits per heavy atom. The molecule has 0 bridgehead atoms. The standard InChI is InChI=1S/C42H72N8O7.C42H66N6O8S/c1-26(2)33(37(55)47-30(17-15-25-45-39(43)57)35(53)46-28-20-18-27(3)19-21-28)49-36(54)31(48-38(56)41(7,8)9)16-13-14-24-44-32(51)23-22-29(50-42(10,11)12)34(52)40(4,5)6;1-12-27(5)35(47(9)39(51)34(26(3)4)45-40(52)42(7,8)46-41(53)56-13-2)32(54-10)25-33(49)48-22-17-20-31(48)36(55-11)28(6)37(50)44-30(38-43-21-23-57-38)24-29-18-15-14-16-19-29/h18-21,26,29-31,33,50H,13-17,22-25H2,1-12H3,(H,44,51)(H,46,53)(H,47,55)(H,48,56)(H,49,54)(H3,43,45,57);14-16,18-19,21,23,26-28,30-32,34-36H,12-13,17,20,22,24-25H2,1-11H3,(H,44,50)(H,45,52)(H,46,53)/t29-,30+,31+,33+;27-,28+,30-,31-,32+,34-,35-,36+/m10/s1. The lowest BCUT2D eigenvalue weighted by atomic mass is 9.84. The van der Waals surface area contributed by atoms with Crippen LogP contribution in [0.15, 0.2) is 66.2 Å². The monoisotopic (exact) mass is 1620 g/mol. The number of nitrogens with one attached hydrogen (secondary N) is 10. The van der Waals surface area contributed by atoms with Gasteiger partial charge in [0.05, 0.1) is 55.3 Å². The van der Waals surface area contributed by atoms with Crippen LogP contribution in [-0.4, -0.2) is 199 Å². The molecular weight excluding hydrogens is 1480 g/mol. The Balaban J connectivity index is 0.000000590. The molecule has 2 aromatic carbocycles. The summed E-state index contributed by atoms with van der Waals surface area (Å²) in [6.45, 7) is 37.6. The molecular formula is C84H138N14O15S. The fourth-order valence-corrected chi connectivity index (χ4v) is 14.0. The van der Waals surface area contributed by atoms with Crippen LogP contribution in [0.4, 0.5) is 15.3 Å². The van der Waals surface area contributed by atoms with Crippen LogP contribution in [0.25, 0.3) is 0 Å². The summed E-state index contributed by atoms with van der Waals surface area (Å²) in [7, 11) is 4.79. The number of alkyl carbamates (subject to hydrolysis) is 1. The number of ketones is 1. The van der Waals surface area contributed by atoms with Crippen molar-refractivity contribution < 1.29 is 71.7 Å². The molecule has 12 atom stereocenters. The third kappa shape index (κ3) is 33.7. The third-order valence-corrected chi connectivity index (χ3v) is 21.0. The fourth-order valence-electron chi connectivity index (χ4n) is 13.3. The van der Waals surface area contributed by atoms with Gasteiger partial charge in [-0.05, 0) is 142 Å². The highest BCUT2D eigenvalue weighted by Gasteiger charge is 2.45. The van der Waals surface area contributed by atoms with Crippen molar-refractivity contribution in [2.24, 2.45) is 40.2 Å². The number of carbonyl (C=O) groups excluding carboxylic acids is 12. The summed E-state index contributed by atoms with van der Waals surface area (Å²) in [5, 5.41) is 31.3. The maximum atomic E-state index is 14.3. The molecule has 1 aromatic heterocycles. The second-order valence-corrected chi connectivity index (χ2v) is 35.1. The molecule has 12 amide bonds. The molecule has 114 heavy (non-hydrogen) atoms. The Hall–Kier alpha value is -8.61. The van der Waals surface area contributed by atoms with E-state index in [1.807, 2.05) is 131 Å². The van der Waals surface area contributed by atoms with E-state index in [1.165, 1.54) is 32.3 Å². The lowest BCUT2D eigenvalue weighted by Crippen LogP contribution is -2.62. The predicted octanol–water partition coefficient (Wildman–Crippen LogP) is 9.11. The Morgan fingerprint density at radius 1 is 0.667 bits per heavy atom. The highest BCUT2D eigenvalue weighted by atomic mass is 32.1. The van der Waals surface area contributed by atoms with E-state index in [-0.39, 0.29) is 104 Å². The van der Waals surface area contributed by atoms with E-state index < -0.39 is 112 Å². The lowest BCUT2D eigenvalue weighted by Gasteiger charge is -2.41.